The second kappa shape index (κ2) is 5.66. The molecule has 0 fully saturated rings. The molecule has 0 atom stereocenters. The maximum atomic E-state index is 4.76. The average Bonchev–Trinajstić information content (AvgIpc) is 2.91. The fourth-order valence-electron chi connectivity index (χ4n) is 2.22. The Labute approximate surface area is 125 Å². The molecule has 0 amide bonds. The predicted octanol–water partition coefficient (Wildman–Crippen LogP) is 3.53. The number of rotatable bonds is 4. The zero-order chi connectivity index (χ0) is 14.9. The van der Waals surface area contributed by atoms with E-state index in [0.29, 0.717) is 0 Å². The van der Waals surface area contributed by atoms with E-state index in [9.17, 15) is 0 Å². The minimum absolute atomic E-state index is 0.116. The van der Waals surface area contributed by atoms with E-state index in [-0.39, 0.29) is 5.54 Å². The molecule has 2 aromatic heterocycles. The van der Waals surface area contributed by atoms with Crippen molar-refractivity contribution in [2.45, 2.75) is 60.2 Å². The largest absolute Gasteiger partial charge is 0.306 e. The van der Waals surface area contributed by atoms with Gasteiger partial charge in [0.2, 0.25) is 0 Å². The third-order valence-electron chi connectivity index (χ3n) is 3.26. The van der Waals surface area contributed by atoms with Gasteiger partial charge in [0.15, 0.2) is 0 Å². The van der Waals surface area contributed by atoms with Gasteiger partial charge in [-0.25, -0.2) is 4.98 Å². The standard InChI is InChI=1S/C15H24N4S/c1-7-19-11(3)14(10(2)18-19)12-9-20-13(17-12)8-16-15(4,5)6/h9,16H,7-8H2,1-6H3. The molecule has 0 bridgehead atoms. The SMILES string of the molecule is CCn1nc(C)c(-c2csc(CNC(C)(C)C)n2)c1C. The van der Waals surface area contributed by atoms with E-state index >= 15 is 0 Å². The van der Waals surface area contributed by atoms with Gasteiger partial charge in [0.05, 0.1) is 11.4 Å². The number of aromatic nitrogens is 3. The van der Waals surface area contributed by atoms with Crippen LogP contribution in [0.5, 0.6) is 0 Å². The molecule has 0 aliphatic heterocycles. The van der Waals surface area contributed by atoms with E-state index in [2.05, 4.69) is 57.3 Å². The van der Waals surface area contributed by atoms with Gasteiger partial charge < -0.3 is 5.32 Å². The summed E-state index contributed by atoms with van der Waals surface area (Å²) in [5, 5.41) is 11.3. The molecule has 20 heavy (non-hydrogen) atoms. The number of aryl methyl sites for hydroxylation is 2. The first-order valence-corrected chi connectivity index (χ1v) is 7.93. The van der Waals surface area contributed by atoms with E-state index in [1.807, 2.05) is 4.68 Å². The first-order chi connectivity index (χ1) is 9.31. The Morgan fingerprint density at radius 1 is 1.30 bits per heavy atom. The lowest BCUT2D eigenvalue weighted by molar-refractivity contribution is 0.424. The monoisotopic (exact) mass is 292 g/mol. The van der Waals surface area contributed by atoms with E-state index in [0.717, 1.165) is 29.5 Å². The number of hydrogen-bond donors (Lipinski definition) is 1. The number of thiazole rings is 1. The topological polar surface area (TPSA) is 42.7 Å². The van der Waals surface area contributed by atoms with Crippen LogP contribution in [-0.2, 0) is 13.1 Å². The Morgan fingerprint density at radius 2 is 2.00 bits per heavy atom. The van der Waals surface area contributed by atoms with E-state index in [1.54, 1.807) is 11.3 Å². The van der Waals surface area contributed by atoms with Gasteiger partial charge >= 0.3 is 0 Å². The minimum Gasteiger partial charge on any atom is -0.306 e. The number of hydrogen-bond acceptors (Lipinski definition) is 4. The first-order valence-electron chi connectivity index (χ1n) is 7.05. The average molecular weight is 292 g/mol. The second-order valence-corrected chi connectivity index (χ2v) is 7.03. The van der Waals surface area contributed by atoms with Gasteiger partial charge in [-0.05, 0) is 41.5 Å². The summed E-state index contributed by atoms with van der Waals surface area (Å²) in [6, 6.07) is 0. The van der Waals surface area contributed by atoms with E-state index in [4.69, 9.17) is 4.98 Å². The highest BCUT2D eigenvalue weighted by Gasteiger charge is 2.16. The molecule has 2 heterocycles. The van der Waals surface area contributed by atoms with Crippen molar-refractivity contribution in [3.8, 4) is 11.3 Å². The summed E-state index contributed by atoms with van der Waals surface area (Å²) < 4.78 is 2.04. The van der Waals surface area contributed by atoms with Crippen LogP contribution in [0.4, 0.5) is 0 Å². The summed E-state index contributed by atoms with van der Waals surface area (Å²) in [5.41, 5.74) is 4.61. The van der Waals surface area contributed by atoms with Crippen LogP contribution in [0.1, 0.15) is 44.1 Å². The lowest BCUT2D eigenvalue weighted by Crippen LogP contribution is -2.34. The number of nitrogens with one attached hydrogen (secondary N) is 1. The van der Waals surface area contributed by atoms with Crippen LogP contribution in [0, 0.1) is 13.8 Å². The van der Waals surface area contributed by atoms with Crippen molar-refractivity contribution in [3.63, 3.8) is 0 Å². The summed E-state index contributed by atoms with van der Waals surface area (Å²) in [5.74, 6) is 0. The maximum Gasteiger partial charge on any atom is 0.107 e. The van der Waals surface area contributed by atoms with Crippen LogP contribution in [0.3, 0.4) is 0 Å². The fourth-order valence-corrected chi connectivity index (χ4v) is 2.95. The van der Waals surface area contributed by atoms with Gasteiger partial charge in [0, 0.05) is 35.3 Å². The first kappa shape index (κ1) is 15.2. The molecule has 0 radical (unpaired) electrons. The van der Waals surface area contributed by atoms with Gasteiger partial charge in [-0.3, -0.25) is 4.68 Å². The molecule has 0 saturated heterocycles. The van der Waals surface area contributed by atoms with Crippen molar-refractivity contribution < 1.29 is 0 Å². The molecule has 0 unspecified atom stereocenters. The third kappa shape index (κ3) is 3.27. The van der Waals surface area contributed by atoms with Crippen molar-refractivity contribution in [3.05, 3.63) is 21.8 Å². The highest BCUT2D eigenvalue weighted by atomic mass is 32.1. The number of nitrogens with zero attached hydrogens (tertiary/aromatic N) is 3. The van der Waals surface area contributed by atoms with E-state index < -0.39 is 0 Å². The Balaban J connectivity index is 2.23. The van der Waals surface area contributed by atoms with Crippen LogP contribution in [0.15, 0.2) is 5.38 Å². The lowest BCUT2D eigenvalue weighted by Gasteiger charge is -2.19. The Hall–Kier alpha value is -1.20. The fraction of sp³-hybridized carbons (Fsp3) is 0.600. The zero-order valence-corrected chi connectivity index (χ0v) is 14.1. The molecule has 4 nitrogen and oxygen atoms in total. The highest BCUT2D eigenvalue weighted by molar-refractivity contribution is 7.09. The van der Waals surface area contributed by atoms with Crippen LogP contribution in [0.25, 0.3) is 11.3 Å². The van der Waals surface area contributed by atoms with Gasteiger partial charge in [-0.1, -0.05) is 0 Å². The predicted molar refractivity (Wildman–Crippen MR) is 85.1 cm³/mol. The van der Waals surface area contributed by atoms with E-state index in [1.165, 1.54) is 11.3 Å². The highest BCUT2D eigenvalue weighted by Crippen LogP contribution is 2.28. The van der Waals surface area contributed by atoms with Gasteiger partial charge in [0.25, 0.3) is 0 Å². The van der Waals surface area contributed by atoms with Crippen molar-refractivity contribution in [1.29, 1.82) is 0 Å². The molecule has 0 saturated carbocycles. The Bertz CT molecular complexity index is 590. The van der Waals surface area contributed by atoms with Crippen LogP contribution < -0.4 is 5.32 Å². The van der Waals surface area contributed by atoms with Crippen molar-refractivity contribution in [2.24, 2.45) is 0 Å². The molecule has 0 aromatic carbocycles. The van der Waals surface area contributed by atoms with Crippen molar-refractivity contribution in [2.75, 3.05) is 0 Å². The molecule has 0 aliphatic carbocycles. The molecule has 1 N–H and O–H groups in total. The zero-order valence-electron chi connectivity index (χ0n) is 13.2. The maximum absolute atomic E-state index is 4.76. The lowest BCUT2D eigenvalue weighted by atomic mass is 10.1. The minimum atomic E-state index is 0.116. The molecular weight excluding hydrogens is 268 g/mol. The summed E-state index contributed by atoms with van der Waals surface area (Å²) >= 11 is 1.71. The molecule has 0 aliphatic rings. The van der Waals surface area contributed by atoms with Gasteiger partial charge in [0.1, 0.15) is 5.01 Å². The van der Waals surface area contributed by atoms with Gasteiger partial charge in [-0.15, -0.1) is 11.3 Å². The Morgan fingerprint density at radius 3 is 2.55 bits per heavy atom. The van der Waals surface area contributed by atoms with Gasteiger partial charge in [-0.2, -0.15) is 5.10 Å². The van der Waals surface area contributed by atoms with Crippen LogP contribution >= 0.6 is 11.3 Å². The van der Waals surface area contributed by atoms with Crippen molar-refractivity contribution in [1.82, 2.24) is 20.1 Å². The molecule has 2 rings (SSSR count). The van der Waals surface area contributed by atoms with Crippen LogP contribution in [0.2, 0.25) is 0 Å². The van der Waals surface area contributed by atoms with Crippen molar-refractivity contribution >= 4 is 11.3 Å². The van der Waals surface area contributed by atoms with Crippen LogP contribution in [-0.4, -0.2) is 20.3 Å². The normalized spacial score (nSPS) is 12.1. The molecule has 2 aromatic rings. The Kier molecular flexibility index (Phi) is 4.30. The molecule has 0 spiro atoms. The summed E-state index contributed by atoms with van der Waals surface area (Å²) in [7, 11) is 0. The molecule has 5 heteroatoms. The smallest absolute Gasteiger partial charge is 0.107 e. The quantitative estimate of drug-likeness (QED) is 0.937. The second-order valence-electron chi connectivity index (χ2n) is 6.09. The summed E-state index contributed by atoms with van der Waals surface area (Å²) in [4.78, 5) is 4.76. The summed E-state index contributed by atoms with van der Waals surface area (Å²) in [6.45, 7) is 14.5. The molecular formula is C15H24N4S. The summed E-state index contributed by atoms with van der Waals surface area (Å²) in [6.07, 6.45) is 0. The third-order valence-corrected chi connectivity index (χ3v) is 4.11. The molecule has 110 valence electrons.